The van der Waals surface area contributed by atoms with Crippen molar-refractivity contribution in [2.45, 2.75) is 31.7 Å². The largest absolute Gasteiger partial charge is 0.335 e. The van der Waals surface area contributed by atoms with Crippen molar-refractivity contribution in [2.75, 3.05) is 12.4 Å². The van der Waals surface area contributed by atoms with Gasteiger partial charge in [0.25, 0.3) is 5.91 Å². The summed E-state index contributed by atoms with van der Waals surface area (Å²) >= 11 is 12.9. The minimum atomic E-state index is 0.124. The summed E-state index contributed by atoms with van der Waals surface area (Å²) in [6, 6.07) is 3.96. The molecule has 0 N–H and O–H groups in total. The lowest BCUT2D eigenvalue weighted by Gasteiger charge is -2.23. The zero-order valence-electron chi connectivity index (χ0n) is 9.49. The standard InChI is InChI=1S/C12H15Cl2NOS/c13-7-1-3-9-4-2-8-15(9)12(16)10-5-6-11(14)17-10/h5-6,9H,1-4,7-8H2. The Morgan fingerprint density at radius 1 is 1.53 bits per heavy atom. The van der Waals surface area contributed by atoms with Crippen LogP contribution in [0.15, 0.2) is 12.1 Å². The summed E-state index contributed by atoms with van der Waals surface area (Å²) in [5, 5.41) is 0. The monoisotopic (exact) mass is 291 g/mol. The molecule has 1 aliphatic heterocycles. The number of rotatable bonds is 4. The molecule has 0 spiro atoms. The molecule has 1 aromatic rings. The first-order chi connectivity index (χ1) is 8.22. The van der Waals surface area contributed by atoms with Gasteiger partial charge < -0.3 is 4.90 Å². The quantitative estimate of drug-likeness (QED) is 0.767. The number of halogens is 2. The van der Waals surface area contributed by atoms with Crippen LogP contribution in [-0.4, -0.2) is 29.3 Å². The summed E-state index contributed by atoms with van der Waals surface area (Å²) in [6.45, 7) is 0.862. The molecule has 0 bridgehead atoms. The van der Waals surface area contributed by atoms with Gasteiger partial charge in [0.1, 0.15) is 0 Å². The summed E-state index contributed by atoms with van der Waals surface area (Å²) in [4.78, 5) is 15.0. The predicted molar refractivity (Wildman–Crippen MR) is 73.3 cm³/mol. The topological polar surface area (TPSA) is 20.3 Å². The van der Waals surface area contributed by atoms with Gasteiger partial charge in [0, 0.05) is 18.5 Å². The van der Waals surface area contributed by atoms with Crippen LogP contribution in [0.3, 0.4) is 0 Å². The van der Waals surface area contributed by atoms with Crippen molar-refractivity contribution in [1.29, 1.82) is 0 Å². The molecule has 1 fully saturated rings. The average molecular weight is 292 g/mol. The SMILES string of the molecule is O=C(c1ccc(Cl)s1)N1CCCC1CCCCl. The Kier molecular flexibility index (Phi) is 4.71. The average Bonchev–Trinajstić information content (AvgIpc) is 2.94. The van der Waals surface area contributed by atoms with Gasteiger partial charge in [0.15, 0.2) is 0 Å². The van der Waals surface area contributed by atoms with Crippen LogP contribution in [-0.2, 0) is 0 Å². The van der Waals surface area contributed by atoms with Crippen molar-refractivity contribution in [3.05, 3.63) is 21.3 Å². The molecule has 0 aromatic carbocycles. The molecular weight excluding hydrogens is 277 g/mol. The van der Waals surface area contributed by atoms with E-state index in [4.69, 9.17) is 23.2 Å². The second kappa shape index (κ2) is 6.07. The van der Waals surface area contributed by atoms with Gasteiger partial charge in [-0.2, -0.15) is 0 Å². The van der Waals surface area contributed by atoms with Crippen LogP contribution < -0.4 is 0 Å². The molecule has 5 heteroatoms. The van der Waals surface area contributed by atoms with Crippen LogP contribution in [0.4, 0.5) is 0 Å². The molecule has 0 aliphatic carbocycles. The first-order valence-corrected chi connectivity index (χ1v) is 7.57. The van der Waals surface area contributed by atoms with Gasteiger partial charge >= 0.3 is 0 Å². The first-order valence-electron chi connectivity index (χ1n) is 5.84. The van der Waals surface area contributed by atoms with E-state index in [-0.39, 0.29) is 5.91 Å². The van der Waals surface area contributed by atoms with Crippen LogP contribution >= 0.6 is 34.5 Å². The van der Waals surface area contributed by atoms with E-state index in [9.17, 15) is 4.79 Å². The molecule has 1 unspecified atom stereocenters. The van der Waals surface area contributed by atoms with E-state index in [1.807, 2.05) is 11.0 Å². The molecular formula is C12H15Cl2NOS. The Hall–Kier alpha value is -0.250. The fourth-order valence-corrected chi connectivity index (χ4v) is 3.44. The highest BCUT2D eigenvalue weighted by Gasteiger charge is 2.29. The lowest BCUT2D eigenvalue weighted by molar-refractivity contribution is 0.0735. The summed E-state index contributed by atoms with van der Waals surface area (Å²) < 4.78 is 0.671. The third kappa shape index (κ3) is 3.15. The molecule has 0 radical (unpaired) electrons. The third-order valence-corrected chi connectivity index (χ3v) is 4.58. The van der Waals surface area contributed by atoms with Gasteiger partial charge in [0.05, 0.1) is 9.21 Å². The van der Waals surface area contributed by atoms with E-state index in [2.05, 4.69) is 0 Å². The zero-order chi connectivity index (χ0) is 12.3. The number of carbonyl (C=O) groups is 1. The van der Waals surface area contributed by atoms with E-state index >= 15 is 0 Å². The zero-order valence-corrected chi connectivity index (χ0v) is 11.8. The van der Waals surface area contributed by atoms with Crippen LogP contribution in [0.1, 0.15) is 35.4 Å². The summed E-state index contributed by atoms with van der Waals surface area (Å²) in [7, 11) is 0. The predicted octanol–water partition coefficient (Wildman–Crippen LogP) is 4.03. The lowest BCUT2D eigenvalue weighted by atomic mass is 10.1. The second-order valence-corrected chi connectivity index (χ2v) is 6.32. The first kappa shape index (κ1) is 13.2. The van der Waals surface area contributed by atoms with Crippen LogP contribution in [0.5, 0.6) is 0 Å². The minimum absolute atomic E-state index is 0.124. The molecule has 1 atom stereocenters. The number of amides is 1. The summed E-state index contributed by atoms with van der Waals surface area (Å²) in [6.07, 6.45) is 4.18. The van der Waals surface area contributed by atoms with Gasteiger partial charge in [-0.15, -0.1) is 22.9 Å². The van der Waals surface area contributed by atoms with Gasteiger partial charge in [-0.1, -0.05) is 11.6 Å². The Bertz CT molecular complexity index is 394. The third-order valence-electron chi connectivity index (χ3n) is 3.09. The number of hydrogen-bond acceptors (Lipinski definition) is 2. The fourth-order valence-electron chi connectivity index (χ4n) is 2.29. The highest BCUT2D eigenvalue weighted by Crippen LogP contribution is 2.28. The summed E-state index contributed by atoms with van der Waals surface area (Å²) in [5.41, 5.74) is 0. The van der Waals surface area contributed by atoms with E-state index in [1.54, 1.807) is 6.07 Å². The van der Waals surface area contributed by atoms with Crippen molar-refractivity contribution < 1.29 is 4.79 Å². The molecule has 17 heavy (non-hydrogen) atoms. The van der Waals surface area contributed by atoms with Gasteiger partial charge in [-0.25, -0.2) is 0 Å². The van der Waals surface area contributed by atoms with Crippen LogP contribution in [0.25, 0.3) is 0 Å². The Morgan fingerprint density at radius 2 is 2.35 bits per heavy atom. The molecule has 1 saturated heterocycles. The molecule has 1 aliphatic rings. The van der Waals surface area contributed by atoms with Gasteiger partial charge in [0.2, 0.25) is 0 Å². The maximum Gasteiger partial charge on any atom is 0.264 e. The number of thiophene rings is 1. The number of nitrogens with zero attached hydrogens (tertiary/aromatic N) is 1. The molecule has 2 nitrogen and oxygen atoms in total. The smallest absolute Gasteiger partial charge is 0.264 e. The Morgan fingerprint density at radius 3 is 3.00 bits per heavy atom. The van der Waals surface area contributed by atoms with E-state index in [0.29, 0.717) is 16.3 Å². The molecule has 2 rings (SSSR count). The molecule has 1 aromatic heterocycles. The van der Waals surface area contributed by atoms with Crippen LogP contribution in [0.2, 0.25) is 4.34 Å². The maximum absolute atomic E-state index is 12.3. The maximum atomic E-state index is 12.3. The van der Waals surface area contributed by atoms with E-state index < -0.39 is 0 Å². The van der Waals surface area contributed by atoms with Crippen molar-refractivity contribution >= 4 is 40.4 Å². The lowest BCUT2D eigenvalue weighted by Crippen LogP contribution is -2.35. The van der Waals surface area contributed by atoms with Crippen molar-refractivity contribution in [3.63, 3.8) is 0 Å². The van der Waals surface area contributed by atoms with Crippen LogP contribution in [0, 0.1) is 0 Å². The Balaban J connectivity index is 2.03. The van der Waals surface area contributed by atoms with Gasteiger partial charge in [-0.3, -0.25) is 4.79 Å². The van der Waals surface area contributed by atoms with E-state index in [1.165, 1.54) is 11.3 Å². The summed E-state index contributed by atoms with van der Waals surface area (Å²) in [5.74, 6) is 0.794. The van der Waals surface area contributed by atoms with Crippen molar-refractivity contribution in [2.24, 2.45) is 0 Å². The molecule has 94 valence electrons. The van der Waals surface area contributed by atoms with Crippen molar-refractivity contribution in [3.8, 4) is 0 Å². The van der Waals surface area contributed by atoms with E-state index in [0.717, 1.165) is 37.1 Å². The molecule has 0 saturated carbocycles. The Labute approximate surface area is 116 Å². The highest BCUT2D eigenvalue weighted by atomic mass is 35.5. The van der Waals surface area contributed by atoms with Gasteiger partial charge in [-0.05, 0) is 37.8 Å². The number of alkyl halides is 1. The normalized spacial score (nSPS) is 19.9. The van der Waals surface area contributed by atoms with Crippen molar-refractivity contribution in [1.82, 2.24) is 4.90 Å². The number of carbonyl (C=O) groups excluding carboxylic acids is 1. The molecule has 2 heterocycles. The fraction of sp³-hybridized carbons (Fsp3) is 0.583. The second-order valence-electron chi connectivity index (χ2n) is 4.23. The molecule has 1 amide bonds. The minimum Gasteiger partial charge on any atom is -0.335 e. The number of hydrogen-bond donors (Lipinski definition) is 0. The highest BCUT2D eigenvalue weighted by molar-refractivity contribution is 7.17. The number of likely N-dealkylation sites (tertiary alicyclic amines) is 1.